The Morgan fingerprint density at radius 3 is 1.74 bits per heavy atom. The van der Waals surface area contributed by atoms with Crippen molar-refractivity contribution in [3.63, 3.8) is 0 Å². The van der Waals surface area contributed by atoms with Crippen LogP contribution >= 0.6 is 0 Å². The van der Waals surface area contributed by atoms with Gasteiger partial charge in [0.1, 0.15) is 59.6 Å². The van der Waals surface area contributed by atoms with Crippen molar-refractivity contribution in [2.75, 3.05) is 39.9 Å². The number of alkyl carbamates (subject to hydrolysis) is 3. The fraction of sp³-hybridized carbons (Fsp3) is 0.467. The zero-order chi connectivity index (χ0) is 60.5. The molecule has 4 bridgehead atoms. The summed E-state index contributed by atoms with van der Waals surface area (Å²) in [4.78, 5) is 97.7. The van der Waals surface area contributed by atoms with Crippen LogP contribution in [0.15, 0.2) is 90.1 Å². The Labute approximate surface area is 479 Å². The van der Waals surface area contributed by atoms with Gasteiger partial charge in [0.2, 0.25) is 17.7 Å². The molecule has 0 aromatic heterocycles. The molecule has 4 aromatic rings. The predicted octanol–water partition coefficient (Wildman–Crippen LogP) is 7.29. The molecule has 7 amide bonds. The third-order valence-corrected chi connectivity index (χ3v) is 12.4. The Hall–Kier alpha value is -8.56. The van der Waals surface area contributed by atoms with Crippen molar-refractivity contribution in [2.24, 2.45) is 10.9 Å². The molecule has 0 saturated heterocycles. The second kappa shape index (κ2) is 28.7. The zero-order valence-corrected chi connectivity index (χ0v) is 49.1. The summed E-state index contributed by atoms with van der Waals surface area (Å²) in [6.45, 7) is 18.3. The van der Waals surface area contributed by atoms with Gasteiger partial charge in [-0.15, -0.1) is 0 Å². The summed E-state index contributed by atoms with van der Waals surface area (Å²) in [5, 5.41) is 29.2. The van der Waals surface area contributed by atoms with Gasteiger partial charge in [-0.3, -0.25) is 19.2 Å². The molecular weight excluding hydrogens is 1050 g/mol. The number of aryl methyl sites for hydroxylation is 1. The highest BCUT2D eigenvalue weighted by atomic mass is 16.6. The van der Waals surface area contributed by atoms with Gasteiger partial charge in [-0.25, -0.2) is 14.4 Å². The number of ether oxygens (including phenoxy) is 5. The number of oxime groups is 1. The minimum absolute atomic E-state index is 0.00128. The largest absolute Gasteiger partial charge is 0.491 e. The van der Waals surface area contributed by atoms with E-state index in [1.54, 1.807) is 123 Å². The van der Waals surface area contributed by atoms with Crippen LogP contribution in [-0.2, 0) is 41.4 Å². The van der Waals surface area contributed by atoms with Crippen LogP contribution in [-0.4, -0.2) is 133 Å². The van der Waals surface area contributed by atoms with Crippen molar-refractivity contribution >= 4 is 47.7 Å². The number of hydrogen-bond acceptors (Lipinski definition) is 14. The summed E-state index contributed by atoms with van der Waals surface area (Å²) >= 11 is 0. The number of benzene rings is 4. The number of nitrogens with one attached hydrogen (secondary N) is 6. The van der Waals surface area contributed by atoms with Crippen molar-refractivity contribution in [3.8, 4) is 33.8 Å². The Morgan fingerprint density at radius 2 is 1.22 bits per heavy atom. The van der Waals surface area contributed by atoms with E-state index in [1.165, 1.54) is 19.5 Å². The smallest absolute Gasteiger partial charge is 0.407 e. The number of nitrogens with two attached hydrogens (primary N) is 1. The molecule has 0 unspecified atom stereocenters. The first-order chi connectivity index (χ1) is 38.5. The maximum atomic E-state index is 15.2. The lowest BCUT2D eigenvalue weighted by Gasteiger charge is -2.33. The lowest BCUT2D eigenvalue weighted by atomic mass is 9.93. The van der Waals surface area contributed by atoms with E-state index < -0.39 is 89.4 Å². The molecule has 0 spiro atoms. The van der Waals surface area contributed by atoms with Gasteiger partial charge in [-0.05, 0) is 146 Å². The molecule has 4 atom stereocenters. The summed E-state index contributed by atoms with van der Waals surface area (Å²) in [6, 6.07) is 19.3. The third kappa shape index (κ3) is 19.9. The minimum Gasteiger partial charge on any atom is -0.491 e. The number of unbranched alkanes of at least 4 members (excludes halogenated alkanes) is 1. The molecule has 1 aliphatic rings. The standard InChI is InChI=1S/C60H81N9O13/c1-13-14-15-37-16-19-39(20-17-37)40-21-23-41(24-22-40)52(71)67-46(35-64-57(76)82-60(9,10)11)54(73)69(12)49-42-25-27-48(79-31-29-63-56(75)81-59(6,7)8)44(34-42)43-32-38(18-26-47(43)78-30-28-62-55(74)80-58(3,4)5)33-45(50(61)68-77)66-51(70)36(2)65-53(49)72/h16-27,32,34,36,45-46,49,77H,13-15,28-31,33,35H2,1-12H3,(H2,61,68)(H,62,74)(H,63,75)(H,64,76)(H,65,72)(H,66,70)(H,67,71)/t36-,45-,46-,49-/m0/s1. The van der Waals surface area contributed by atoms with Crippen molar-refractivity contribution < 1.29 is 62.5 Å². The van der Waals surface area contributed by atoms with E-state index in [-0.39, 0.29) is 61.2 Å². The highest BCUT2D eigenvalue weighted by molar-refractivity contribution is 6.00. The van der Waals surface area contributed by atoms with Gasteiger partial charge >= 0.3 is 18.3 Å². The van der Waals surface area contributed by atoms with Gasteiger partial charge in [0.15, 0.2) is 5.84 Å². The van der Waals surface area contributed by atoms with Crippen LogP contribution in [0.5, 0.6) is 11.5 Å². The highest BCUT2D eigenvalue weighted by Crippen LogP contribution is 2.40. The molecule has 1 heterocycles. The van der Waals surface area contributed by atoms with Crippen LogP contribution in [0.25, 0.3) is 22.3 Å². The van der Waals surface area contributed by atoms with Crippen LogP contribution in [0.4, 0.5) is 14.4 Å². The summed E-state index contributed by atoms with van der Waals surface area (Å²) in [5.41, 5.74) is 8.35. The number of carbonyl (C=O) groups is 7. The Morgan fingerprint density at radius 1 is 0.707 bits per heavy atom. The van der Waals surface area contributed by atoms with E-state index in [0.717, 1.165) is 35.3 Å². The summed E-state index contributed by atoms with van der Waals surface area (Å²) in [6.07, 6.45) is 0.893. The highest BCUT2D eigenvalue weighted by Gasteiger charge is 2.37. The van der Waals surface area contributed by atoms with Gasteiger partial charge in [-0.2, -0.15) is 0 Å². The first kappa shape index (κ1) is 64.3. The number of rotatable bonds is 19. The van der Waals surface area contributed by atoms with E-state index in [4.69, 9.17) is 29.4 Å². The molecule has 4 aromatic carbocycles. The van der Waals surface area contributed by atoms with Gasteiger partial charge < -0.3 is 71.4 Å². The lowest BCUT2D eigenvalue weighted by Crippen LogP contribution is -2.57. The summed E-state index contributed by atoms with van der Waals surface area (Å²) in [5.74, 6) is -2.96. The summed E-state index contributed by atoms with van der Waals surface area (Å²) < 4.78 is 28.9. The molecule has 0 fully saturated rings. The van der Waals surface area contributed by atoms with Crippen LogP contribution in [0, 0.1) is 0 Å². The molecule has 0 radical (unpaired) electrons. The van der Waals surface area contributed by atoms with Crippen molar-refractivity contribution in [1.29, 1.82) is 0 Å². The second-order valence-electron chi connectivity index (χ2n) is 22.8. The number of fused-ring (bicyclic) bond motifs is 5. The number of amidine groups is 1. The van der Waals surface area contributed by atoms with E-state index in [0.29, 0.717) is 16.7 Å². The van der Waals surface area contributed by atoms with Gasteiger partial charge in [0, 0.05) is 30.2 Å². The number of amides is 7. The van der Waals surface area contributed by atoms with Gasteiger partial charge in [0.25, 0.3) is 5.91 Å². The molecule has 0 saturated carbocycles. The molecular formula is C60H81N9O13. The third-order valence-electron chi connectivity index (χ3n) is 12.4. The maximum Gasteiger partial charge on any atom is 0.407 e. The van der Waals surface area contributed by atoms with Gasteiger partial charge in [0.05, 0.1) is 25.7 Å². The molecule has 5 rings (SSSR count). The van der Waals surface area contributed by atoms with E-state index >= 15 is 4.79 Å². The Balaban J connectivity index is 1.61. The fourth-order valence-electron chi connectivity index (χ4n) is 8.46. The lowest BCUT2D eigenvalue weighted by molar-refractivity contribution is -0.141. The molecule has 0 aliphatic carbocycles. The van der Waals surface area contributed by atoms with Crippen LogP contribution in [0.3, 0.4) is 0 Å². The maximum absolute atomic E-state index is 15.2. The van der Waals surface area contributed by atoms with E-state index in [9.17, 15) is 34.0 Å². The number of carbonyl (C=O) groups excluding carboxylic acids is 7. The average Bonchev–Trinajstić information content (AvgIpc) is 3.61. The molecule has 444 valence electrons. The molecule has 22 heteroatoms. The SMILES string of the molecule is CCCCc1ccc(-c2ccc(C(=O)N[C@@H](CNC(=O)OC(C)(C)C)C(=O)N(C)[C@@H]3C(=O)N[C@@H](C)C(=O)N[C@H](C(N)=NO)Cc4ccc(OCCNC(=O)OC(C)(C)C)c(c4)-c4cc3ccc4OCCNC(=O)OC(C)(C)C)cc2)cc1. The first-order valence-corrected chi connectivity index (χ1v) is 27.3. The molecule has 22 nitrogen and oxygen atoms in total. The van der Waals surface area contributed by atoms with Crippen LogP contribution in [0.1, 0.15) is 122 Å². The van der Waals surface area contributed by atoms with Crippen LogP contribution < -0.4 is 47.1 Å². The quantitative estimate of drug-likeness (QED) is 0.0114. The number of hydrogen-bond donors (Lipinski definition) is 8. The average molecular weight is 1140 g/mol. The number of nitrogens with zero attached hydrogens (tertiary/aromatic N) is 2. The predicted molar refractivity (Wildman–Crippen MR) is 309 cm³/mol. The van der Waals surface area contributed by atoms with Crippen molar-refractivity contribution in [1.82, 2.24) is 36.8 Å². The second-order valence-corrected chi connectivity index (χ2v) is 22.8. The van der Waals surface area contributed by atoms with Crippen LogP contribution in [0.2, 0.25) is 0 Å². The van der Waals surface area contributed by atoms with E-state index in [1.807, 2.05) is 12.1 Å². The Kier molecular flexibility index (Phi) is 22.5. The molecule has 82 heavy (non-hydrogen) atoms. The normalized spacial score (nSPS) is 16.1. The zero-order valence-electron chi connectivity index (χ0n) is 49.1. The Bertz CT molecular complexity index is 2910. The first-order valence-electron chi connectivity index (χ1n) is 27.3. The molecule has 9 N–H and O–H groups in total. The van der Waals surface area contributed by atoms with Crippen molar-refractivity contribution in [3.05, 3.63) is 107 Å². The van der Waals surface area contributed by atoms with Crippen molar-refractivity contribution in [2.45, 2.75) is 143 Å². The molecule has 1 aliphatic heterocycles. The fourth-order valence-corrected chi connectivity index (χ4v) is 8.46. The summed E-state index contributed by atoms with van der Waals surface area (Å²) in [7, 11) is 1.34. The topological polar surface area (TPSA) is 300 Å². The monoisotopic (exact) mass is 1140 g/mol. The minimum atomic E-state index is -1.58. The number of likely N-dealkylation sites (N-methyl/N-ethyl adjacent to an activating group) is 1. The van der Waals surface area contributed by atoms with E-state index in [2.05, 4.69) is 56.1 Å². The van der Waals surface area contributed by atoms with Gasteiger partial charge in [-0.1, -0.05) is 67.0 Å².